The predicted octanol–water partition coefficient (Wildman–Crippen LogP) is 5.42. The Morgan fingerprint density at radius 2 is 1.72 bits per heavy atom. The van der Waals surface area contributed by atoms with Gasteiger partial charge in [-0.2, -0.15) is 0 Å². The van der Waals surface area contributed by atoms with Gasteiger partial charge < -0.3 is 4.90 Å². The molecule has 0 spiro atoms. The number of rotatable bonds is 5. The first-order valence-electron chi connectivity index (χ1n) is 8.74. The fourth-order valence-corrected chi connectivity index (χ4v) is 4.65. The van der Waals surface area contributed by atoms with Crippen LogP contribution >= 0.6 is 24.0 Å². The highest BCUT2D eigenvalue weighted by atomic mass is 32.2. The summed E-state index contributed by atoms with van der Waals surface area (Å²) in [5.74, 6) is 0.169. The van der Waals surface area contributed by atoms with Crippen molar-refractivity contribution in [1.82, 2.24) is 4.90 Å². The number of aryl methyl sites for hydroxylation is 1. The van der Waals surface area contributed by atoms with E-state index in [0.717, 1.165) is 23.0 Å². The van der Waals surface area contributed by atoms with Gasteiger partial charge in [0.15, 0.2) is 5.78 Å². The highest BCUT2D eigenvalue weighted by molar-refractivity contribution is 8.23. The number of Topliss-reactive ketones (excluding diaryl/α,β-unsaturated/α-hetero) is 1. The molecule has 0 bridgehead atoms. The van der Waals surface area contributed by atoms with Gasteiger partial charge in [0.25, 0.3) is 0 Å². The number of thiocarbonyl (C=S) groups is 1. The average molecular weight is 370 g/mol. The van der Waals surface area contributed by atoms with E-state index in [9.17, 15) is 4.79 Å². The van der Waals surface area contributed by atoms with Crippen LogP contribution in [0.2, 0.25) is 0 Å². The summed E-state index contributed by atoms with van der Waals surface area (Å²) in [5, 5.41) is 0.0569. The molecule has 0 aromatic heterocycles. The van der Waals surface area contributed by atoms with E-state index in [1.54, 1.807) is 11.8 Å². The molecule has 0 saturated carbocycles. The van der Waals surface area contributed by atoms with E-state index in [1.165, 1.54) is 24.0 Å². The van der Waals surface area contributed by atoms with Gasteiger partial charge in [0.1, 0.15) is 4.32 Å². The number of hydrogen-bond donors (Lipinski definition) is 0. The van der Waals surface area contributed by atoms with Crippen molar-refractivity contribution in [2.75, 3.05) is 13.1 Å². The van der Waals surface area contributed by atoms with Gasteiger partial charge in [-0.3, -0.25) is 4.79 Å². The number of hydrogen-bond acceptors (Lipinski definition) is 3. The van der Waals surface area contributed by atoms with E-state index in [4.69, 9.17) is 12.2 Å². The molecule has 3 rings (SSSR count). The van der Waals surface area contributed by atoms with Crippen molar-refractivity contribution in [2.45, 2.75) is 31.4 Å². The lowest BCUT2D eigenvalue weighted by Gasteiger charge is -2.23. The molecule has 0 radical (unpaired) electrons. The second kappa shape index (κ2) is 8.63. The maximum atomic E-state index is 12.7. The van der Waals surface area contributed by atoms with Crippen molar-refractivity contribution >= 4 is 34.1 Å². The van der Waals surface area contributed by atoms with Crippen molar-refractivity contribution in [1.29, 1.82) is 0 Å². The molecule has 0 N–H and O–H groups in total. The standard InChI is InChI=1S/C21H23NOS2/c1-16-9-11-18(12-10-16)20(25-21(24)22-13-5-6-14-22)15-19(23)17-7-3-2-4-8-17/h2-4,7-12,20H,5-6,13-15H2,1H3. The highest BCUT2D eigenvalue weighted by Crippen LogP contribution is 2.36. The summed E-state index contributed by atoms with van der Waals surface area (Å²) in [4.78, 5) is 15.0. The lowest BCUT2D eigenvalue weighted by atomic mass is 10.0. The van der Waals surface area contributed by atoms with Crippen molar-refractivity contribution in [3.63, 3.8) is 0 Å². The molecule has 1 aliphatic rings. The predicted molar refractivity (Wildman–Crippen MR) is 110 cm³/mol. The first kappa shape index (κ1) is 18.2. The normalized spacial score (nSPS) is 15.2. The minimum Gasteiger partial charge on any atom is -0.358 e. The quantitative estimate of drug-likeness (QED) is 0.517. The van der Waals surface area contributed by atoms with Crippen LogP contribution in [0.25, 0.3) is 0 Å². The maximum absolute atomic E-state index is 12.7. The minimum absolute atomic E-state index is 0.0569. The van der Waals surface area contributed by atoms with Crippen molar-refractivity contribution in [3.05, 3.63) is 71.3 Å². The third-order valence-corrected chi connectivity index (χ3v) is 6.25. The Morgan fingerprint density at radius 1 is 1.08 bits per heavy atom. The minimum atomic E-state index is 0.0569. The van der Waals surface area contributed by atoms with Crippen LogP contribution in [0.4, 0.5) is 0 Å². The molecule has 2 nitrogen and oxygen atoms in total. The summed E-state index contributed by atoms with van der Waals surface area (Å²) in [6.45, 7) is 4.16. The fourth-order valence-electron chi connectivity index (χ4n) is 3.01. The lowest BCUT2D eigenvalue weighted by molar-refractivity contribution is 0.0982. The molecule has 25 heavy (non-hydrogen) atoms. The van der Waals surface area contributed by atoms with Gasteiger partial charge in [0.2, 0.25) is 0 Å². The Hall–Kier alpha value is -1.65. The molecule has 130 valence electrons. The topological polar surface area (TPSA) is 20.3 Å². The van der Waals surface area contributed by atoms with Crippen LogP contribution in [0.3, 0.4) is 0 Å². The first-order valence-corrected chi connectivity index (χ1v) is 10.0. The monoisotopic (exact) mass is 369 g/mol. The first-order chi connectivity index (χ1) is 12.1. The van der Waals surface area contributed by atoms with E-state index in [0.29, 0.717) is 6.42 Å². The van der Waals surface area contributed by atoms with Crippen LogP contribution in [-0.2, 0) is 0 Å². The van der Waals surface area contributed by atoms with Crippen molar-refractivity contribution < 1.29 is 4.79 Å². The highest BCUT2D eigenvalue weighted by Gasteiger charge is 2.23. The number of thioether (sulfide) groups is 1. The Balaban J connectivity index is 1.77. The Labute approximate surface area is 159 Å². The summed E-state index contributed by atoms with van der Waals surface area (Å²) < 4.78 is 0.920. The molecular weight excluding hydrogens is 346 g/mol. The molecule has 2 aromatic carbocycles. The van der Waals surface area contributed by atoms with Gasteiger partial charge in [-0.15, -0.1) is 0 Å². The Bertz CT molecular complexity index is 721. The number of ketones is 1. The number of nitrogens with zero attached hydrogens (tertiary/aromatic N) is 1. The van der Waals surface area contributed by atoms with E-state index in [1.807, 2.05) is 30.3 Å². The second-order valence-electron chi connectivity index (χ2n) is 6.47. The molecule has 1 unspecified atom stereocenters. The summed E-state index contributed by atoms with van der Waals surface area (Å²) in [5.41, 5.74) is 3.16. The van der Waals surface area contributed by atoms with Gasteiger partial charge >= 0.3 is 0 Å². The number of likely N-dealkylation sites (tertiary alicyclic amines) is 1. The Kier molecular flexibility index (Phi) is 6.27. The zero-order chi connectivity index (χ0) is 17.6. The van der Waals surface area contributed by atoms with Crippen LogP contribution in [-0.4, -0.2) is 28.1 Å². The third-order valence-electron chi connectivity index (χ3n) is 4.52. The van der Waals surface area contributed by atoms with Gasteiger partial charge in [-0.1, -0.05) is 84.1 Å². The van der Waals surface area contributed by atoms with E-state index < -0.39 is 0 Å². The van der Waals surface area contributed by atoms with E-state index in [2.05, 4.69) is 36.1 Å². The largest absolute Gasteiger partial charge is 0.358 e. The maximum Gasteiger partial charge on any atom is 0.164 e. The van der Waals surface area contributed by atoms with Gasteiger partial charge in [-0.05, 0) is 25.3 Å². The molecule has 0 amide bonds. The Morgan fingerprint density at radius 3 is 2.36 bits per heavy atom. The van der Waals surface area contributed by atoms with Crippen molar-refractivity contribution in [2.24, 2.45) is 0 Å². The van der Waals surface area contributed by atoms with Crippen LogP contribution in [0.15, 0.2) is 54.6 Å². The van der Waals surface area contributed by atoms with Crippen LogP contribution < -0.4 is 0 Å². The molecular formula is C21H23NOS2. The molecule has 2 aromatic rings. The summed E-state index contributed by atoms with van der Waals surface area (Å²) in [6.07, 6.45) is 2.88. The van der Waals surface area contributed by atoms with Gasteiger partial charge in [0.05, 0.1) is 0 Å². The molecule has 0 aliphatic carbocycles. The number of benzene rings is 2. The van der Waals surface area contributed by atoms with E-state index >= 15 is 0 Å². The zero-order valence-electron chi connectivity index (χ0n) is 14.5. The summed E-state index contributed by atoms with van der Waals surface area (Å²) in [7, 11) is 0. The molecule has 1 saturated heterocycles. The average Bonchev–Trinajstić information content (AvgIpc) is 3.17. The third kappa shape index (κ3) is 4.93. The molecule has 4 heteroatoms. The summed E-state index contributed by atoms with van der Waals surface area (Å²) >= 11 is 7.32. The molecule has 1 atom stereocenters. The molecule has 1 aliphatic heterocycles. The zero-order valence-corrected chi connectivity index (χ0v) is 16.1. The number of carbonyl (C=O) groups excluding carboxylic acids is 1. The lowest BCUT2D eigenvalue weighted by Crippen LogP contribution is -2.24. The van der Waals surface area contributed by atoms with Gasteiger partial charge in [-0.25, -0.2) is 0 Å². The van der Waals surface area contributed by atoms with E-state index in [-0.39, 0.29) is 11.0 Å². The smallest absolute Gasteiger partial charge is 0.164 e. The number of carbonyl (C=O) groups is 1. The summed E-state index contributed by atoms with van der Waals surface area (Å²) in [6, 6.07) is 18.0. The van der Waals surface area contributed by atoms with Crippen LogP contribution in [0, 0.1) is 6.92 Å². The van der Waals surface area contributed by atoms with Crippen LogP contribution in [0.1, 0.15) is 46.0 Å². The molecule has 1 fully saturated rings. The fraction of sp³-hybridized carbons (Fsp3) is 0.333. The van der Waals surface area contributed by atoms with Crippen LogP contribution in [0.5, 0.6) is 0 Å². The SMILES string of the molecule is Cc1ccc(C(CC(=O)c2ccccc2)SC(=S)N2CCCC2)cc1. The molecule has 1 heterocycles. The van der Waals surface area contributed by atoms with Gasteiger partial charge in [0, 0.05) is 30.3 Å². The van der Waals surface area contributed by atoms with Crippen molar-refractivity contribution in [3.8, 4) is 0 Å². The second-order valence-corrected chi connectivity index (χ2v) is 8.31.